The Kier molecular flexibility index (Phi) is 5.53. The van der Waals surface area contributed by atoms with Crippen molar-refractivity contribution in [3.63, 3.8) is 0 Å². The van der Waals surface area contributed by atoms with Gasteiger partial charge in [0, 0.05) is 18.0 Å². The average Bonchev–Trinajstić information content (AvgIpc) is 3.09. The molecule has 1 fully saturated rings. The summed E-state index contributed by atoms with van der Waals surface area (Å²) < 4.78 is 18.9. The van der Waals surface area contributed by atoms with Crippen LogP contribution in [-0.2, 0) is 9.53 Å². The number of piperidine rings is 1. The number of halogens is 1. The molecule has 2 heterocycles. The minimum Gasteiger partial charge on any atom is -0.444 e. The Bertz CT molecular complexity index is 991. The second-order valence-electron chi connectivity index (χ2n) is 8.72. The van der Waals surface area contributed by atoms with E-state index in [0.717, 1.165) is 34.2 Å². The summed E-state index contributed by atoms with van der Waals surface area (Å²) in [6.07, 6.45) is 1.12. The SMILES string of the molecule is CC(C)(C)OC(=O)N1CCC[C@H](C(=O)NC2Nc3ccc4cc(F)ccc4c3S2)C1. The van der Waals surface area contributed by atoms with Crippen molar-refractivity contribution >= 4 is 40.2 Å². The zero-order valence-electron chi connectivity index (χ0n) is 17.3. The quantitative estimate of drug-likeness (QED) is 0.730. The minimum absolute atomic E-state index is 0.0867. The number of benzene rings is 2. The second-order valence-corrected chi connectivity index (χ2v) is 9.84. The average molecular weight is 432 g/mol. The van der Waals surface area contributed by atoms with Crippen LogP contribution in [0.5, 0.6) is 0 Å². The number of carbonyl (C=O) groups is 2. The van der Waals surface area contributed by atoms with Crippen molar-refractivity contribution in [1.29, 1.82) is 0 Å². The van der Waals surface area contributed by atoms with Crippen LogP contribution in [0.4, 0.5) is 14.9 Å². The number of amides is 2. The van der Waals surface area contributed by atoms with Crippen LogP contribution in [-0.4, -0.2) is 41.1 Å². The van der Waals surface area contributed by atoms with Crippen molar-refractivity contribution in [3.05, 3.63) is 36.1 Å². The number of thioether (sulfide) groups is 1. The van der Waals surface area contributed by atoms with E-state index in [0.29, 0.717) is 13.1 Å². The number of rotatable bonds is 2. The lowest BCUT2D eigenvalue weighted by atomic mass is 9.97. The summed E-state index contributed by atoms with van der Waals surface area (Å²) in [6, 6.07) is 8.50. The Hall–Kier alpha value is -2.48. The van der Waals surface area contributed by atoms with Gasteiger partial charge in [-0.1, -0.05) is 23.9 Å². The molecule has 1 unspecified atom stereocenters. The van der Waals surface area contributed by atoms with E-state index >= 15 is 0 Å². The zero-order chi connectivity index (χ0) is 21.5. The fourth-order valence-electron chi connectivity index (χ4n) is 3.80. The molecule has 0 spiro atoms. The van der Waals surface area contributed by atoms with Gasteiger partial charge in [0.2, 0.25) is 5.91 Å². The van der Waals surface area contributed by atoms with Crippen LogP contribution in [0.15, 0.2) is 35.2 Å². The summed E-state index contributed by atoms with van der Waals surface area (Å²) in [5, 5.41) is 8.13. The van der Waals surface area contributed by atoms with Gasteiger partial charge in [-0.05, 0) is 62.6 Å². The lowest BCUT2D eigenvalue weighted by Gasteiger charge is -2.33. The maximum Gasteiger partial charge on any atom is 0.410 e. The molecule has 2 aliphatic rings. The fraction of sp³-hybridized carbons (Fsp3) is 0.455. The predicted molar refractivity (Wildman–Crippen MR) is 116 cm³/mol. The fourth-order valence-corrected chi connectivity index (χ4v) is 4.96. The van der Waals surface area contributed by atoms with E-state index in [2.05, 4.69) is 10.6 Å². The standard InChI is InChI=1S/C22H26FN3O3S/c1-22(2,3)29-21(28)26-10-4-5-14(12-26)19(27)25-20-24-17-9-6-13-11-15(23)7-8-16(13)18(17)30-20/h6-9,11,14,20,24H,4-5,10,12H2,1-3H3,(H,25,27)/t14-,20?/m0/s1. The molecule has 2 aromatic rings. The van der Waals surface area contributed by atoms with Gasteiger partial charge < -0.3 is 20.3 Å². The molecule has 2 aromatic carbocycles. The second kappa shape index (κ2) is 7.98. The molecule has 0 aliphatic carbocycles. The Balaban J connectivity index is 1.39. The molecular formula is C22H26FN3O3S. The molecule has 2 atom stereocenters. The van der Waals surface area contributed by atoms with E-state index in [1.54, 1.807) is 11.0 Å². The Morgan fingerprint density at radius 3 is 2.83 bits per heavy atom. The van der Waals surface area contributed by atoms with Crippen LogP contribution in [0.2, 0.25) is 0 Å². The van der Waals surface area contributed by atoms with E-state index in [4.69, 9.17) is 4.74 Å². The van der Waals surface area contributed by atoms with Gasteiger partial charge in [-0.3, -0.25) is 4.79 Å². The van der Waals surface area contributed by atoms with Crippen molar-refractivity contribution in [2.24, 2.45) is 5.92 Å². The molecular weight excluding hydrogens is 405 g/mol. The molecule has 4 rings (SSSR count). The molecule has 0 aromatic heterocycles. The molecule has 30 heavy (non-hydrogen) atoms. The van der Waals surface area contributed by atoms with Crippen LogP contribution in [0.3, 0.4) is 0 Å². The number of nitrogens with one attached hydrogen (secondary N) is 2. The number of hydrogen-bond donors (Lipinski definition) is 2. The highest BCUT2D eigenvalue weighted by Gasteiger charge is 2.33. The summed E-state index contributed by atoms with van der Waals surface area (Å²) in [5.74, 6) is -0.630. The molecule has 0 saturated carbocycles. The van der Waals surface area contributed by atoms with Crippen molar-refractivity contribution in [3.8, 4) is 0 Å². The number of likely N-dealkylation sites (tertiary alicyclic amines) is 1. The lowest BCUT2D eigenvalue weighted by molar-refractivity contribution is -0.126. The van der Waals surface area contributed by atoms with Crippen LogP contribution in [0.25, 0.3) is 10.8 Å². The predicted octanol–water partition coefficient (Wildman–Crippen LogP) is 4.54. The first-order valence-electron chi connectivity index (χ1n) is 10.1. The van der Waals surface area contributed by atoms with E-state index < -0.39 is 5.60 Å². The van der Waals surface area contributed by atoms with Crippen molar-refractivity contribution in [2.75, 3.05) is 18.4 Å². The first-order valence-corrected chi connectivity index (χ1v) is 11.0. The number of anilines is 1. The normalized spacial score (nSPS) is 21.1. The zero-order valence-corrected chi connectivity index (χ0v) is 18.1. The Morgan fingerprint density at radius 2 is 2.07 bits per heavy atom. The molecule has 8 heteroatoms. The number of hydrogen-bond acceptors (Lipinski definition) is 5. The third-order valence-corrected chi connectivity index (χ3v) is 6.32. The third kappa shape index (κ3) is 4.48. The van der Waals surface area contributed by atoms with Gasteiger partial charge in [0.1, 0.15) is 11.4 Å². The molecule has 160 valence electrons. The summed E-state index contributed by atoms with van der Waals surface area (Å²) in [6.45, 7) is 6.45. The summed E-state index contributed by atoms with van der Waals surface area (Å²) in [4.78, 5) is 27.8. The monoisotopic (exact) mass is 431 g/mol. The van der Waals surface area contributed by atoms with Gasteiger partial charge in [-0.2, -0.15) is 0 Å². The lowest BCUT2D eigenvalue weighted by Crippen LogP contribution is -2.48. The largest absolute Gasteiger partial charge is 0.444 e. The highest BCUT2D eigenvalue weighted by Crippen LogP contribution is 2.42. The topological polar surface area (TPSA) is 70.7 Å². The van der Waals surface area contributed by atoms with E-state index in [-0.39, 0.29) is 29.2 Å². The molecule has 2 N–H and O–H groups in total. The van der Waals surface area contributed by atoms with Gasteiger partial charge >= 0.3 is 6.09 Å². The molecule has 2 amide bonds. The van der Waals surface area contributed by atoms with Crippen LogP contribution in [0, 0.1) is 11.7 Å². The van der Waals surface area contributed by atoms with Crippen molar-refractivity contribution in [2.45, 2.75) is 49.6 Å². The minimum atomic E-state index is -0.561. The van der Waals surface area contributed by atoms with E-state index in [9.17, 15) is 14.0 Å². The first-order chi connectivity index (χ1) is 14.2. The third-order valence-electron chi connectivity index (χ3n) is 5.17. The van der Waals surface area contributed by atoms with E-state index in [1.165, 1.54) is 23.9 Å². The molecule has 1 saturated heterocycles. The number of carbonyl (C=O) groups excluding carboxylic acids is 2. The summed E-state index contributed by atoms with van der Waals surface area (Å²) in [5.41, 5.74) is 0.0530. The number of fused-ring (bicyclic) bond motifs is 3. The van der Waals surface area contributed by atoms with Crippen molar-refractivity contribution < 1.29 is 18.7 Å². The van der Waals surface area contributed by atoms with Crippen LogP contribution < -0.4 is 10.6 Å². The van der Waals surface area contributed by atoms with Crippen LogP contribution in [0.1, 0.15) is 33.6 Å². The maximum atomic E-state index is 13.5. The van der Waals surface area contributed by atoms with Gasteiger partial charge in [-0.25, -0.2) is 9.18 Å². The molecule has 6 nitrogen and oxygen atoms in total. The molecule has 0 bridgehead atoms. The van der Waals surface area contributed by atoms with Gasteiger partial charge in [0.05, 0.1) is 11.6 Å². The van der Waals surface area contributed by atoms with Gasteiger partial charge in [-0.15, -0.1) is 0 Å². The number of nitrogens with zero attached hydrogens (tertiary/aromatic N) is 1. The Labute approximate surface area is 179 Å². The molecule has 0 radical (unpaired) electrons. The molecule has 2 aliphatic heterocycles. The highest BCUT2D eigenvalue weighted by atomic mass is 32.2. The first kappa shape index (κ1) is 20.8. The number of ether oxygens (including phenoxy) is 1. The van der Waals surface area contributed by atoms with Crippen LogP contribution >= 0.6 is 11.8 Å². The summed E-state index contributed by atoms with van der Waals surface area (Å²) >= 11 is 1.51. The smallest absolute Gasteiger partial charge is 0.410 e. The highest BCUT2D eigenvalue weighted by molar-refractivity contribution is 8.00. The maximum absolute atomic E-state index is 13.5. The Morgan fingerprint density at radius 1 is 1.27 bits per heavy atom. The van der Waals surface area contributed by atoms with Gasteiger partial charge in [0.25, 0.3) is 0 Å². The van der Waals surface area contributed by atoms with E-state index in [1.807, 2.05) is 32.9 Å². The summed E-state index contributed by atoms with van der Waals surface area (Å²) in [7, 11) is 0. The van der Waals surface area contributed by atoms with Crippen molar-refractivity contribution in [1.82, 2.24) is 10.2 Å². The van der Waals surface area contributed by atoms with Gasteiger partial charge in [0.15, 0.2) is 5.50 Å².